The number of urea groups is 3. The third-order valence-corrected chi connectivity index (χ3v) is 21.7. The molecule has 0 spiro atoms. The van der Waals surface area contributed by atoms with Crippen LogP contribution in [0.5, 0.6) is 0 Å². The molecule has 15 heterocycles. The van der Waals surface area contributed by atoms with Gasteiger partial charge in [-0.3, -0.25) is 44.0 Å². The van der Waals surface area contributed by atoms with Gasteiger partial charge in [0.05, 0.1) is 19.0 Å². The minimum atomic E-state index is -1.12. The Bertz CT molecular complexity index is 5170. The molecule has 42 heteroatoms. The van der Waals surface area contributed by atoms with Crippen molar-refractivity contribution in [3.05, 3.63) is 158 Å². The van der Waals surface area contributed by atoms with E-state index in [1.165, 1.54) is 52.7 Å². The summed E-state index contributed by atoms with van der Waals surface area (Å²) >= 11 is 0. The number of rotatable bonds is 20. The van der Waals surface area contributed by atoms with Gasteiger partial charge in [-0.15, -0.1) is 0 Å². The number of carbonyl (C=O) groups is 9. The van der Waals surface area contributed by atoms with Crippen molar-refractivity contribution in [2.75, 3.05) is 55.2 Å². The topological polar surface area (TPSA) is 510 Å². The molecule has 6 aromatic heterocycles. The molecule has 9 aromatic rings. The molecule has 3 aromatic carbocycles. The molecule has 9 saturated heterocycles. The van der Waals surface area contributed by atoms with Crippen molar-refractivity contribution in [1.82, 2.24) is 89.2 Å². The largest absolute Gasteiger partial charge is 0.480 e. The standard InChI is InChI=1S/2C27H29N7O7.C25H27N7O7/c2*1-2-28-27(38)32-22-18-23(30-13-29-22)34(14-31-18)25-21-19(39-17(40-21)11-10-15-7-4-3-5-8-15)20(41-25)24(35)33-12-6-9-16(33)26(36)37;1-2-26-25(36)30-19-15-20(28-11-27-19)32(12-29-15)22-18-16(38-24(39-18)13-7-4-3-5-8-13)17(37-22)21(33)31-10-6-9-14(31)23(34)35/h2*3-5,7-8,10-11,13-14,16-17,19-21,25H,2,6,9,12H2,1H3,(H,36,37)(H2,28,29,30,32,38);3-5,7-8,11-12,14,16-18,22,24H,2,6,9-10H2,1H3,(H,34,35)(H2,26,27,28,30,36)/b2*11-10+;/t2*16-,17-,19?,20?,21?,25?;14-,16?,17?,18?,22?,24-/m000/s1. The van der Waals surface area contributed by atoms with E-state index >= 15 is 0 Å². The number of fused-ring (bicyclic) bond motifs is 6. The Morgan fingerprint density at radius 2 is 0.694 bits per heavy atom. The van der Waals surface area contributed by atoms with E-state index in [0.717, 1.165) is 16.7 Å². The quantitative estimate of drug-likeness (QED) is 0.0487. The van der Waals surface area contributed by atoms with Gasteiger partial charge >= 0.3 is 36.0 Å². The van der Waals surface area contributed by atoms with E-state index in [2.05, 4.69) is 76.8 Å². The number of amides is 9. The maximum atomic E-state index is 13.7. The van der Waals surface area contributed by atoms with Crippen LogP contribution in [0.2, 0.25) is 0 Å². The number of carboxylic acids is 3. The molecule has 9 amide bonds. The molecule has 12 unspecified atom stereocenters. The van der Waals surface area contributed by atoms with Crippen LogP contribution in [0.4, 0.5) is 31.8 Å². The molecule has 42 nitrogen and oxygen atoms in total. The lowest BCUT2D eigenvalue weighted by Gasteiger charge is -2.27. The average Bonchev–Trinajstić information content (AvgIpc) is 1.59. The number of nitrogens with one attached hydrogen (secondary N) is 6. The Morgan fingerprint density at radius 3 is 1.02 bits per heavy atom. The molecule has 9 aliphatic heterocycles. The lowest BCUT2D eigenvalue weighted by atomic mass is 10.1. The maximum absolute atomic E-state index is 13.7. The summed E-state index contributed by atoms with van der Waals surface area (Å²) in [6, 6.07) is 24.5. The fraction of sp³-hybridized carbons (Fsp3) is 0.418. The van der Waals surface area contributed by atoms with Crippen molar-refractivity contribution >= 4 is 117 Å². The Balaban J connectivity index is 0.000000135. The molecule has 9 N–H and O–H groups in total. The molecule has 0 aliphatic carbocycles. The zero-order chi connectivity index (χ0) is 84.1. The van der Waals surface area contributed by atoms with Crippen LogP contribution >= 0.6 is 0 Å². The second-order valence-corrected chi connectivity index (χ2v) is 29.1. The molecule has 632 valence electrons. The molecule has 0 radical (unpaired) electrons. The van der Waals surface area contributed by atoms with E-state index in [1.54, 1.807) is 46.6 Å². The third-order valence-electron chi connectivity index (χ3n) is 21.7. The zero-order valence-corrected chi connectivity index (χ0v) is 65.2. The summed E-state index contributed by atoms with van der Waals surface area (Å²) < 4.78 is 61.0. The van der Waals surface area contributed by atoms with E-state index < -0.39 is 164 Å². The summed E-state index contributed by atoms with van der Waals surface area (Å²) in [6.07, 6.45) is 5.42. The number of hydrogen-bond donors (Lipinski definition) is 9. The van der Waals surface area contributed by atoms with Gasteiger partial charge in [0.15, 0.2) is 107 Å². The molecular formula is C79H85N21O21. The van der Waals surface area contributed by atoms with Crippen LogP contribution in [-0.4, -0.2) is 267 Å². The van der Waals surface area contributed by atoms with Crippen molar-refractivity contribution in [2.24, 2.45) is 0 Å². The SMILES string of the molecule is CCNC(=O)Nc1ncnc2c1ncn2C1OC(C(=O)N2CCC[C@H]2C(=O)O)C2O[C@H](/C=C/c3ccccc3)OC21.CCNC(=O)Nc1ncnc2c1ncn2C1OC(C(=O)N2CCC[C@H]2C(=O)O)C2O[C@H](/C=C/c3ccccc3)OC21.CCNC(=O)Nc1ncnc2c1ncn2C1OC(C(=O)N2CCC[C@H]2C(=O)O)C2O[C@H](c3ccccc3)OC21. The first kappa shape index (κ1) is 81.8. The molecule has 18 atom stereocenters. The lowest BCUT2D eigenvalue weighted by molar-refractivity contribution is -0.171. The number of aromatic nitrogens is 12. The highest BCUT2D eigenvalue weighted by molar-refractivity contribution is 5.98. The first-order valence-corrected chi connectivity index (χ1v) is 39.5. The van der Waals surface area contributed by atoms with Gasteiger partial charge in [-0.2, -0.15) is 0 Å². The molecule has 9 fully saturated rings. The van der Waals surface area contributed by atoms with Gasteiger partial charge in [0.1, 0.15) is 73.7 Å². The summed E-state index contributed by atoms with van der Waals surface area (Å²) in [4.78, 5) is 155. The second kappa shape index (κ2) is 35.9. The van der Waals surface area contributed by atoms with Crippen LogP contribution in [0, 0.1) is 0 Å². The predicted octanol–water partition coefficient (Wildman–Crippen LogP) is 4.95. The summed E-state index contributed by atoms with van der Waals surface area (Å²) in [7, 11) is 0. The van der Waals surface area contributed by atoms with Crippen LogP contribution in [0.15, 0.2) is 141 Å². The average molecular weight is 1660 g/mol. The van der Waals surface area contributed by atoms with E-state index in [4.69, 9.17) is 42.6 Å². The Labute approximate surface area is 687 Å². The summed E-state index contributed by atoms with van der Waals surface area (Å²) in [5.41, 5.74) is 4.67. The number of likely N-dealkylation sites (tertiary alicyclic amines) is 3. The summed E-state index contributed by atoms with van der Waals surface area (Å²) in [5.74, 6) is -3.96. The van der Waals surface area contributed by atoms with Crippen LogP contribution in [0.3, 0.4) is 0 Å². The van der Waals surface area contributed by atoms with Crippen molar-refractivity contribution < 1.29 is 101 Å². The number of carbonyl (C=O) groups excluding carboxylic acids is 6. The van der Waals surface area contributed by atoms with Crippen molar-refractivity contribution in [1.29, 1.82) is 0 Å². The first-order chi connectivity index (χ1) is 58.8. The van der Waals surface area contributed by atoms with Gasteiger partial charge in [-0.05, 0) is 82.6 Å². The Morgan fingerprint density at radius 1 is 0.388 bits per heavy atom. The number of anilines is 3. The highest BCUT2D eigenvalue weighted by Crippen LogP contribution is 2.48. The number of benzene rings is 3. The van der Waals surface area contributed by atoms with Crippen molar-refractivity contribution in [3.8, 4) is 0 Å². The van der Waals surface area contributed by atoms with E-state index in [9.17, 15) is 58.5 Å². The predicted molar refractivity (Wildman–Crippen MR) is 420 cm³/mol. The number of imidazole rings is 3. The fourth-order valence-corrected chi connectivity index (χ4v) is 16.2. The smallest absolute Gasteiger partial charge is 0.326 e. The van der Waals surface area contributed by atoms with Crippen LogP contribution in [0.25, 0.3) is 45.6 Å². The fourth-order valence-electron chi connectivity index (χ4n) is 16.2. The third kappa shape index (κ3) is 16.8. The number of aliphatic carboxylic acids is 3. The molecule has 9 aliphatic rings. The second-order valence-electron chi connectivity index (χ2n) is 29.1. The van der Waals surface area contributed by atoms with Gasteiger partial charge in [0.25, 0.3) is 17.7 Å². The highest BCUT2D eigenvalue weighted by Gasteiger charge is 2.61. The van der Waals surface area contributed by atoms with E-state index in [-0.39, 0.29) is 17.5 Å². The van der Waals surface area contributed by atoms with Gasteiger partial charge < -0.3 is 88.6 Å². The summed E-state index contributed by atoms with van der Waals surface area (Å²) in [6.45, 7) is 7.62. The normalized spacial score (nSPS) is 27.6. The first-order valence-electron chi connectivity index (χ1n) is 39.5. The Kier molecular flexibility index (Phi) is 24.3. The molecule has 0 saturated carbocycles. The van der Waals surface area contributed by atoms with Gasteiger partial charge in [0.2, 0.25) is 0 Å². The van der Waals surface area contributed by atoms with Gasteiger partial charge in [-0.1, -0.05) is 103 Å². The summed E-state index contributed by atoms with van der Waals surface area (Å²) in [5, 5.41) is 44.9. The molecular weight excluding hydrogens is 1580 g/mol. The van der Waals surface area contributed by atoms with Gasteiger partial charge in [0, 0.05) is 44.8 Å². The van der Waals surface area contributed by atoms with Crippen molar-refractivity contribution in [3.63, 3.8) is 0 Å². The monoisotopic (exact) mass is 1660 g/mol. The highest BCUT2D eigenvalue weighted by atomic mass is 16.8. The van der Waals surface area contributed by atoms with Crippen LogP contribution in [0.1, 0.15) is 101 Å². The lowest BCUT2D eigenvalue weighted by Crippen LogP contribution is -2.49. The van der Waals surface area contributed by atoms with Crippen LogP contribution < -0.4 is 31.9 Å². The molecule has 0 bridgehead atoms. The van der Waals surface area contributed by atoms with Crippen molar-refractivity contribution in [2.45, 2.75) is 170 Å². The molecule has 18 rings (SSSR count). The van der Waals surface area contributed by atoms with Crippen LogP contribution in [-0.2, 0) is 71.4 Å². The number of hydrogen-bond acceptors (Lipinski definition) is 27. The Hall–Kier alpha value is -12.9. The minimum absolute atomic E-state index is 0.204. The number of carboxylic acid groups (broad SMARTS) is 3. The molecule has 121 heavy (non-hydrogen) atoms. The van der Waals surface area contributed by atoms with E-state index in [1.807, 2.05) is 103 Å². The van der Waals surface area contributed by atoms with Gasteiger partial charge in [-0.25, -0.2) is 73.6 Å². The zero-order valence-electron chi connectivity index (χ0n) is 65.2. The number of nitrogens with zero attached hydrogens (tertiary/aromatic N) is 15. The van der Waals surface area contributed by atoms with E-state index in [0.29, 0.717) is 111 Å². The minimum Gasteiger partial charge on any atom is -0.480 e. The maximum Gasteiger partial charge on any atom is 0.326 e. The number of ether oxygens (including phenoxy) is 9.